The van der Waals surface area contributed by atoms with Gasteiger partial charge in [-0.2, -0.15) is 0 Å². The van der Waals surface area contributed by atoms with Crippen LogP contribution in [0.25, 0.3) is 0 Å². The maximum Gasteiger partial charge on any atom is 0.573 e. The number of hydrazine groups is 1. The number of hydrogen-bond acceptors (Lipinski definition) is 5. The monoisotopic (exact) mass is 367 g/mol. The topological polar surface area (TPSA) is 114 Å². The van der Waals surface area contributed by atoms with E-state index in [2.05, 4.69) is 10.1 Å². The van der Waals surface area contributed by atoms with E-state index in [1.54, 1.807) is 10.3 Å². The molecule has 0 atom stereocenters. The molecule has 0 aromatic heterocycles. The molecule has 0 saturated heterocycles. The summed E-state index contributed by atoms with van der Waals surface area (Å²) in [5.41, 5.74) is 1.71. The Morgan fingerprint density at radius 3 is 2.17 bits per heavy atom. The molecule has 0 bridgehead atoms. The van der Waals surface area contributed by atoms with Crippen LogP contribution in [0.3, 0.4) is 0 Å². The van der Waals surface area contributed by atoms with E-state index in [0.29, 0.717) is 0 Å². The van der Waals surface area contributed by atoms with Crippen molar-refractivity contribution in [1.82, 2.24) is 15.6 Å². The summed E-state index contributed by atoms with van der Waals surface area (Å²) in [6.45, 7) is 0. The highest BCUT2D eigenvalue weighted by Crippen LogP contribution is 2.23. The Kier molecular flexibility index (Phi) is 4.99. The van der Waals surface area contributed by atoms with Crippen LogP contribution in [-0.2, 0) is 19.6 Å². The third-order valence-corrected chi connectivity index (χ3v) is 4.05. The average molecular weight is 367 g/mol. The summed E-state index contributed by atoms with van der Waals surface area (Å²) in [5, 5.41) is 2.35. The van der Waals surface area contributed by atoms with Gasteiger partial charge in [0.05, 0.1) is 4.90 Å². The van der Waals surface area contributed by atoms with Crippen molar-refractivity contribution in [1.29, 1.82) is 0 Å². The van der Waals surface area contributed by atoms with Gasteiger partial charge in [0, 0.05) is 6.04 Å². The molecule has 2 amide bonds. The van der Waals surface area contributed by atoms with Crippen LogP contribution in [-0.4, -0.2) is 32.6 Å². The lowest BCUT2D eigenvalue weighted by molar-refractivity contribution is -0.274. The minimum atomic E-state index is -4.90. The van der Waals surface area contributed by atoms with Gasteiger partial charge < -0.3 is 10.1 Å². The molecule has 0 unspecified atom stereocenters. The van der Waals surface area contributed by atoms with E-state index in [4.69, 9.17) is 0 Å². The summed E-state index contributed by atoms with van der Waals surface area (Å²) >= 11 is 0. The summed E-state index contributed by atoms with van der Waals surface area (Å²) in [6, 6.07) is 3.20. The van der Waals surface area contributed by atoms with E-state index in [1.165, 1.54) is 0 Å². The summed E-state index contributed by atoms with van der Waals surface area (Å²) in [4.78, 5) is 24.0. The second kappa shape index (κ2) is 6.65. The smallest absolute Gasteiger partial charge is 0.406 e. The first kappa shape index (κ1) is 18.0. The minimum absolute atomic E-state index is 0.0824. The van der Waals surface area contributed by atoms with E-state index in [9.17, 15) is 31.2 Å². The Balaban J connectivity index is 1.94. The van der Waals surface area contributed by atoms with Gasteiger partial charge >= 0.3 is 18.2 Å². The molecule has 12 heteroatoms. The van der Waals surface area contributed by atoms with Crippen molar-refractivity contribution in [3.63, 3.8) is 0 Å². The molecule has 0 radical (unpaired) electrons. The number of nitrogens with one attached hydrogen (secondary N) is 3. The molecule has 1 fully saturated rings. The zero-order chi connectivity index (χ0) is 18.0. The molecule has 2 rings (SSSR count). The van der Waals surface area contributed by atoms with Crippen LogP contribution in [0, 0.1) is 0 Å². The van der Waals surface area contributed by atoms with Gasteiger partial charge in [-0.15, -0.1) is 18.0 Å². The van der Waals surface area contributed by atoms with E-state index in [-0.39, 0.29) is 6.04 Å². The van der Waals surface area contributed by atoms with Gasteiger partial charge in [-0.05, 0) is 37.1 Å². The fourth-order valence-corrected chi connectivity index (χ4v) is 2.37. The standard InChI is InChI=1S/C12H12F3N3O5S/c13-12(14,15)23-8-3-5-9(6-4-8)24(21,22)18-17-11(20)10(19)16-7-1-2-7/h3-7,18H,1-2H2,(H,16,19)(H,17,20). The molecule has 1 saturated carbocycles. The Morgan fingerprint density at radius 2 is 1.67 bits per heavy atom. The normalized spacial score (nSPS) is 14.8. The fourth-order valence-electron chi connectivity index (χ4n) is 1.53. The van der Waals surface area contributed by atoms with E-state index < -0.39 is 38.8 Å². The van der Waals surface area contributed by atoms with E-state index in [1.807, 2.05) is 0 Å². The lowest BCUT2D eigenvalue weighted by Gasteiger charge is -2.10. The van der Waals surface area contributed by atoms with E-state index in [0.717, 1.165) is 37.1 Å². The number of carbonyl (C=O) groups excluding carboxylic acids is 2. The van der Waals surface area contributed by atoms with Crippen LogP contribution >= 0.6 is 0 Å². The van der Waals surface area contributed by atoms with Gasteiger partial charge in [-0.1, -0.05) is 0 Å². The minimum Gasteiger partial charge on any atom is -0.406 e. The van der Waals surface area contributed by atoms with Gasteiger partial charge in [0.2, 0.25) is 0 Å². The molecule has 0 aliphatic heterocycles. The molecule has 0 spiro atoms. The van der Waals surface area contributed by atoms with E-state index >= 15 is 0 Å². The molecule has 1 aliphatic rings. The number of rotatable bonds is 5. The van der Waals surface area contributed by atoms with Gasteiger partial charge in [-0.25, -0.2) is 8.42 Å². The first-order valence-electron chi connectivity index (χ1n) is 6.55. The maximum absolute atomic E-state index is 12.0. The molecule has 3 N–H and O–H groups in total. The quantitative estimate of drug-likeness (QED) is 0.507. The van der Waals surface area contributed by atoms with Crippen molar-refractivity contribution in [3.8, 4) is 5.75 Å². The number of amides is 2. The van der Waals surface area contributed by atoms with Crippen molar-refractivity contribution in [3.05, 3.63) is 24.3 Å². The highest BCUT2D eigenvalue weighted by molar-refractivity contribution is 7.89. The summed E-state index contributed by atoms with van der Waals surface area (Å²) < 4.78 is 63.4. The van der Waals surface area contributed by atoms with Gasteiger partial charge in [0.25, 0.3) is 10.0 Å². The van der Waals surface area contributed by atoms with Crippen molar-refractivity contribution < 1.29 is 35.9 Å². The van der Waals surface area contributed by atoms with Crippen LogP contribution in [0.2, 0.25) is 0 Å². The Hall–Kier alpha value is -2.34. The first-order valence-corrected chi connectivity index (χ1v) is 8.03. The first-order chi connectivity index (χ1) is 11.1. The fraction of sp³-hybridized carbons (Fsp3) is 0.333. The lowest BCUT2D eigenvalue weighted by atomic mass is 10.3. The SMILES string of the molecule is O=C(NNS(=O)(=O)c1ccc(OC(F)(F)F)cc1)C(=O)NC1CC1. The summed E-state index contributed by atoms with van der Waals surface area (Å²) in [5.74, 6) is -2.80. The Bertz CT molecular complexity index is 729. The van der Waals surface area contributed by atoms with Crippen LogP contribution < -0.4 is 20.3 Å². The van der Waals surface area contributed by atoms with Crippen molar-refractivity contribution >= 4 is 21.8 Å². The van der Waals surface area contributed by atoms with Crippen LogP contribution in [0.4, 0.5) is 13.2 Å². The molecule has 8 nitrogen and oxygen atoms in total. The zero-order valence-corrected chi connectivity index (χ0v) is 12.7. The summed E-state index contributed by atoms with van der Waals surface area (Å²) in [7, 11) is -4.26. The van der Waals surface area contributed by atoms with Crippen LogP contribution in [0.5, 0.6) is 5.75 Å². The zero-order valence-electron chi connectivity index (χ0n) is 11.9. The predicted octanol–water partition coefficient (Wildman–Crippen LogP) is 0.173. The number of hydrogen-bond donors (Lipinski definition) is 3. The number of benzene rings is 1. The van der Waals surface area contributed by atoms with Gasteiger partial charge in [0.1, 0.15) is 5.75 Å². The number of alkyl halides is 3. The number of halogens is 3. The highest BCUT2D eigenvalue weighted by Gasteiger charge is 2.31. The molecular formula is C12H12F3N3O5S. The van der Waals surface area contributed by atoms with Crippen molar-refractivity contribution in [2.75, 3.05) is 0 Å². The number of sulfonamides is 1. The molecule has 24 heavy (non-hydrogen) atoms. The number of ether oxygens (including phenoxy) is 1. The number of carbonyl (C=O) groups is 2. The van der Waals surface area contributed by atoms with Gasteiger partial charge in [-0.3, -0.25) is 15.0 Å². The third kappa shape index (κ3) is 5.38. The molecule has 1 aliphatic carbocycles. The van der Waals surface area contributed by atoms with Crippen LogP contribution in [0.1, 0.15) is 12.8 Å². The molecule has 1 aromatic rings. The molecule has 1 aromatic carbocycles. The molecular weight excluding hydrogens is 355 g/mol. The highest BCUT2D eigenvalue weighted by atomic mass is 32.2. The average Bonchev–Trinajstić information content (AvgIpc) is 3.27. The summed E-state index contributed by atoms with van der Waals surface area (Å²) in [6.07, 6.45) is -3.41. The molecule has 132 valence electrons. The van der Waals surface area contributed by atoms with Crippen molar-refractivity contribution in [2.24, 2.45) is 0 Å². The lowest BCUT2D eigenvalue weighted by Crippen LogP contribution is -2.48. The largest absolute Gasteiger partial charge is 0.573 e. The molecule has 0 heterocycles. The predicted molar refractivity (Wildman–Crippen MR) is 72.8 cm³/mol. The van der Waals surface area contributed by atoms with Gasteiger partial charge in [0.15, 0.2) is 0 Å². The van der Waals surface area contributed by atoms with Crippen molar-refractivity contribution in [2.45, 2.75) is 30.1 Å². The third-order valence-electron chi connectivity index (χ3n) is 2.79. The Labute approximate surface area is 134 Å². The maximum atomic E-state index is 12.0. The Morgan fingerprint density at radius 1 is 1.08 bits per heavy atom. The second-order valence-corrected chi connectivity index (χ2v) is 6.51. The second-order valence-electron chi connectivity index (χ2n) is 4.83. The van der Waals surface area contributed by atoms with Crippen LogP contribution in [0.15, 0.2) is 29.2 Å².